The number of fused-ring (bicyclic) bond motifs is 1. The van der Waals surface area contributed by atoms with Crippen molar-refractivity contribution in [3.63, 3.8) is 0 Å². The summed E-state index contributed by atoms with van der Waals surface area (Å²) in [6.07, 6.45) is 5.52. The maximum absolute atomic E-state index is 9.60. The van der Waals surface area contributed by atoms with Crippen molar-refractivity contribution in [2.24, 2.45) is 5.92 Å². The molecule has 2 atom stereocenters. The molecule has 2 aromatic rings. The summed E-state index contributed by atoms with van der Waals surface area (Å²) in [7, 11) is 0. The van der Waals surface area contributed by atoms with Gasteiger partial charge < -0.3 is 10.4 Å². The third-order valence-electron chi connectivity index (χ3n) is 3.79. The Morgan fingerprint density at radius 3 is 2.94 bits per heavy atom. The predicted octanol–water partition coefficient (Wildman–Crippen LogP) is 3.54. The molecule has 0 saturated heterocycles. The Kier molecular flexibility index (Phi) is 2.82. The number of benzene rings is 1. The SMILES string of the molecule is CC1CCC(Nc2nccc3ccc(O)cc23)C1. The fraction of sp³-hybridized carbons (Fsp3) is 0.400. The van der Waals surface area contributed by atoms with E-state index >= 15 is 0 Å². The molecule has 1 heterocycles. The lowest BCUT2D eigenvalue weighted by Gasteiger charge is -2.15. The summed E-state index contributed by atoms with van der Waals surface area (Å²) in [6.45, 7) is 2.30. The molecule has 1 fully saturated rings. The van der Waals surface area contributed by atoms with Crippen LogP contribution in [0.4, 0.5) is 5.82 Å². The van der Waals surface area contributed by atoms with Gasteiger partial charge in [-0.25, -0.2) is 4.98 Å². The molecule has 1 aromatic heterocycles. The number of anilines is 1. The van der Waals surface area contributed by atoms with Gasteiger partial charge in [0.15, 0.2) is 0 Å². The molecule has 1 aliphatic rings. The maximum atomic E-state index is 9.60. The first-order valence-electron chi connectivity index (χ1n) is 6.56. The average Bonchev–Trinajstić information content (AvgIpc) is 2.76. The largest absolute Gasteiger partial charge is 0.508 e. The van der Waals surface area contributed by atoms with Crippen LogP contribution in [0.1, 0.15) is 26.2 Å². The molecule has 0 bridgehead atoms. The molecule has 3 heteroatoms. The Hall–Kier alpha value is -1.77. The number of nitrogens with one attached hydrogen (secondary N) is 1. The minimum absolute atomic E-state index is 0.290. The summed E-state index contributed by atoms with van der Waals surface area (Å²) < 4.78 is 0. The molecule has 1 aromatic carbocycles. The molecule has 0 amide bonds. The monoisotopic (exact) mass is 242 g/mol. The highest BCUT2D eigenvalue weighted by atomic mass is 16.3. The number of aromatic nitrogens is 1. The molecular formula is C15H18N2O. The van der Waals surface area contributed by atoms with E-state index in [2.05, 4.69) is 17.2 Å². The van der Waals surface area contributed by atoms with Crippen LogP contribution in [0, 0.1) is 5.92 Å². The second kappa shape index (κ2) is 4.48. The Balaban J connectivity index is 1.93. The van der Waals surface area contributed by atoms with Crippen molar-refractivity contribution in [2.75, 3.05) is 5.32 Å². The number of nitrogens with zero attached hydrogens (tertiary/aromatic N) is 1. The standard InChI is InChI=1S/C15H18N2O/c1-10-2-4-12(8-10)17-15-14-9-13(18)5-3-11(14)6-7-16-15/h3,5-7,9-10,12,18H,2,4,8H2,1H3,(H,16,17). The van der Waals surface area contributed by atoms with Crippen LogP contribution >= 0.6 is 0 Å². The number of hydrogen-bond donors (Lipinski definition) is 2. The normalized spacial score (nSPS) is 23.4. The van der Waals surface area contributed by atoms with Gasteiger partial charge in [0.25, 0.3) is 0 Å². The van der Waals surface area contributed by atoms with Gasteiger partial charge >= 0.3 is 0 Å². The first-order chi connectivity index (χ1) is 8.72. The van der Waals surface area contributed by atoms with Crippen molar-refractivity contribution in [3.05, 3.63) is 30.5 Å². The van der Waals surface area contributed by atoms with Crippen molar-refractivity contribution in [1.29, 1.82) is 0 Å². The van der Waals surface area contributed by atoms with Crippen molar-refractivity contribution in [3.8, 4) is 5.75 Å². The number of hydrogen-bond acceptors (Lipinski definition) is 3. The highest BCUT2D eigenvalue weighted by Gasteiger charge is 2.21. The smallest absolute Gasteiger partial charge is 0.134 e. The minimum atomic E-state index is 0.290. The van der Waals surface area contributed by atoms with E-state index in [1.54, 1.807) is 12.1 Å². The van der Waals surface area contributed by atoms with Crippen molar-refractivity contribution in [2.45, 2.75) is 32.2 Å². The van der Waals surface area contributed by atoms with Crippen molar-refractivity contribution < 1.29 is 5.11 Å². The van der Waals surface area contributed by atoms with Gasteiger partial charge in [-0.05, 0) is 48.8 Å². The summed E-state index contributed by atoms with van der Waals surface area (Å²) in [6, 6.07) is 7.90. The zero-order chi connectivity index (χ0) is 12.5. The number of phenolic OH excluding ortho intramolecular Hbond substituents is 1. The lowest BCUT2D eigenvalue weighted by molar-refractivity contribution is 0.476. The summed E-state index contributed by atoms with van der Waals surface area (Å²) in [5.74, 6) is 1.98. The summed E-state index contributed by atoms with van der Waals surface area (Å²) in [5, 5.41) is 15.2. The predicted molar refractivity (Wildman–Crippen MR) is 73.8 cm³/mol. The second-order valence-corrected chi connectivity index (χ2v) is 5.32. The zero-order valence-electron chi connectivity index (χ0n) is 10.6. The van der Waals surface area contributed by atoms with Crippen LogP contribution in [0.15, 0.2) is 30.5 Å². The Morgan fingerprint density at radius 2 is 2.17 bits per heavy atom. The average molecular weight is 242 g/mol. The molecule has 2 N–H and O–H groups in total. The van der Waals surface area contributed by atoms with E-state index < -0.39 is 0 Å². The minimum Gasteiger partial charge on any atom is -0.508 e. The van der Waals surface area contributed by atoms with E-state index in [1.807, 2.05) is 18.3 Å². The van der Waals surface area contributed by atoms with E-state index in [-0.39, 0.29) is 0 Å². The number of aromatic hydroxyl groups is 1. The number of pyridine rings is 1. The number of phenols is 1. The highest BCUT2D eigenvalue weighted by Crippen LogP contribution is 2.30. The van der Waals surface area contributed by atoms with Gasteiger partial charge in [0.1, 0.15) is 11.6 Å². The van der Waals surface area contributed by atoms with E-state index in [1.165, 1.54) is 19.3 Å². The van der Waals surface area contributed by atoms with Gasteiger partial charge in [0.05, 0.1) is 0 Å². The maximum Gasteiger partial charge on any atom is 0.134 e. The number of rotatable bonds is 2. The topological polar surface area (TPSA) is 45.2 Å². The molecule has 94 valence electrons. The van der Waals surface area contributed by atoms with Gasteiger partial charge in [-0.2, -0.15) is 0 Å². The van der Waals surface area contributed by atoms with E-state index in [9.17, 15) is 5.11 Å². The molecule has 1 saturated carbocycles. The lowest BCUT2D eigenvalue weighted by Crippen LogP contribution is -2.16. The molecule has 0 spiro atoms. The van der Waals surface area contributed by atoms with E-state index in [0.717, 1.165) is 22.5 Å². The van der Waals surface area contributed by atoms with Gasteiger partial charge in [-0.15, -0.1) is 0 Å². The Bertz CT molecular complexity index is 567. The van der Waals surface area contributed by atoms with Gasteiger partial charge in [0.2, 0.25) is 0 Å². The molecule has 3 nitrogen and oxygen atoms in total. The van der Waals surface area contributed by atoms with Crippen LogP contribution < -0.4 is 5.32 Å². The molecular weight excluding hydrogens is 224 g/mol. The first kappa shape index (κ1) is 11.3. The van der Waals surface area contributed by atoms with Crippen LogP contribution in [-0.4, -0.2) is 16.1 Å². The Morgan fingerprint density at radius 1 is 1.28 bits per heavy atom. The van der Waals surface area contributed by atoms with E-state index in [0.29, 0.717) is 11.8 Å². The second-order valence-electron chi connectivity index (χ2n) is 5.32. The van der Waals surface area contributed by atoms with Crippen LogP contribution in [0.25, 0.3) is 10.8 Å². The van der Waals surface area contributed by atoms with Crippen LogP contribution in [0.2, 0.25) is 0 Å². The van der Waals surface area contributed by atoms with Crippen molar-refractivity contribution in [1.82, 2.24) is 4.98 Å². The fourth-order valence-corrected chi connectivity index (χ4v) is 2.80. The van der Waals surface area contributed by atoms with Gasteiger partial charge in [0, 0.05) is 17.6 Å². The van der Waals surface area contributed by atoms with Crippen LogP contribution in [0.5, 0.6) is 5.75 Å². The molecule has 0 radical (unpaired) electrons. The first-order valence-corrected chi connectivity index (χ1v) is 6.56. The zero-order valence-corrected chi connectivity index (χ0v) is 10.6. The molecule has 1 aliphatic carbocycles. The van der Waals surface area contributed by atoms with Crippen molar-refractivity contribution >= 4 is 16.6 Å². The molecule has 3 rings (SSSR count). The quantitative estimate of drug-likeness (QED) is 0.846. The fourth-order valence-electron chi connectivity index (χ4n) is 2.80. The molecule has 2 unspecified atom stereocenters. The third-order valence-corrected chi connectivity index (χ3v) is 3.79. The Labute approximate surface area is 107 Å². The van der Waals surface area contributed by atoms with Gasteiger partial charge in [-0.3, -0.25) is 0 Å². The molecule has 18 heavy (non-hydrogen) atoms. The summed E-state index contributed by atoms with van der Waals surface area (Å²) in [5.41, 5.74) is 0. The molecule has 0 aliphatic heterocycles. The van der Waals surface area contributed by atoms with E-state index in [4.69, 9.17) is 0 Å². The highest BCUT2D eigenvalue weighted by molar-refractivity contribution is 5.92. The van der Waals surface area contributed by atoms with Crippen LogP contribution in [-0.2, 0) is 0 Å². The summed E-state index contributed by atoms with van der Waals surface area (Å²) >= 11 is 0. The summed E-state index contributed by atoms with van der Waals surface area (Å²) in [4.78, 5) is 4.41. The lowest BCUT2D eigenvalue weighted by atomic mass is 10.1. The third kappa shape index (κ3) is 2.13. The van der Waals surface area contributed by atoms with Crippen LogP contribution in [0.3, 0.4) is 0 Å². The van der Waals surface area contributed by atoms with Gasteiger partial charge in [-0.1, -0.05) is 13.0 Å².